The van der Waals surface area contributed by atoms with Gasteiger partial charge in [0.05, 0.1) is 11.0 Å². The summed E-state index contributed by atoms with van der Waals surface area (Å²) in [5.74, 6) is -1.26. The third-order valence-corrected chi connectivity index (χ3v) is 3.79. The fourth-order valence-electron chi connectivity index (χ4n) is 2.33. The van der Waals surface area contributed by atoms with E-state index in [9.17, 15) is 19.7 Å². The number of nitrogens with zero attached hydrogens (tertiary/aromatic N) is 1. The summed E-state index contributed by atoms with van der Waals surface area (Å²) in [6.45, 7) is -0.116. The highest BCUT2D eigenvalue weighted by atomic mass is 35.5. The molecule has 0 atom stereocenters. The third-order valence-electron chi connectivity index (χ3n) is 3.54. The van der Waals surface area contributed by atoms with Crippen molar-refractivity contribution in [3.63, 3.8) is 0 Å². The van der Waals surface area contributed by atoms with Crippen LogP contribution in [0, 0.1) is 10.1 Å². The van der Waals surface area contributed by atoms with Crippen LogP contribution < -0.4 is 14.8 Å². The molecular weight excluding hydrogens is 380 g/mol. The molecule has 0 spiro atoms. The van der Waals surface area contributed by atoms with Gasteiger partial charge in [-0.2, -0.15) is 0 Å². The van der Waals surface area contributed by atoms with Crippen LogP contribution in [0.15, 0.2) is 36.4 Å². The Labute approximate surface area is 157 Å². The summed E-state index contributed by atoms with van der Waals surface area (Å²) < 4.78 is 15.5. The topological polar surface area (TPSA) is 117 Å². The minimum Gasteiger partial charge on any atom is -0.486 e. The molecule has 0 unspecified atom stereocenters. The van der Waals surface area contributed by atoms with Gasteiger partial charge in [0, 0.05) is 16.8 Å². The lowest BCUT2D eigenvalue weighted by atomic mass is 10.1. The standard InChI is InChI=1S/C17H13ClN2O7/c18-10-1-3-11(4-2-10)19-16(21)9-27-17(22)12-7-14-15(26-6-5-25-14)8-13(12)20(23)24/h1-4,7-8H,5-6,9H2,(H,19,21). The van der Waals surface area contributed by atoms with Gasteiger partial charge in [-0.05, 0) is 24.3 Å². The van der Waals surface area contributed by atoms with Crippen LogP contribution in [0.3, 0.4) is 0 Å². The Morgan fingerprint density at radius 1 is 1.15 bits per heavy atom. The van der Waals surface area contributed by atoms with Gasteiger partial charge in [0.25, 0.3) is 11.6 Å². The molecule has 1 N–H and O–H groups in total. The van der Waals surface area contributed by atoms with E-state index in [0.717, 1.165) is 6.07 Å². The summed E-state index contributed by atoms with van der Waals surface area (Å²) in [6.07, 6.45) is 0. The maximum absolute atomic E-state index is 12.2. The summed E-state index contributed by atoms with van der Waals surface area (Å²) in [5, 5.41) is 14.2. The van der Waals surface area contributed by atoms with Gasteiger partial charge in [-0.25, -0.2) is 4.79 Å². The molecule has 0 saturated carbocycles. The minimum absolute atomic E-state index is 0.171. The molecule has 1 amide bonds. The highest BCUT2D eigenvalue weighted by molar-refractivity contribution is 6.30. The fourth-order valence-corrected chi connectivity index (χ4v) is 2.46. The number of nitrogens with one attached hydrogen (secondary N) is 1. The molecule has 0 fully saturated rings. The van der Waals surface area contributed by atoms with Crippen molar-refractivity contribution in [2.75, 3.05) is 25.1 Å². The van der Waals surface area contributed by atoms with E-state index >= 15 is 0 Å². The molecule has 1 heterocycles. The second-order valence-corrected chi connectivity index (χ2v) is 5.84. The van der Waals surface area contributed by atoms with Crippen LogP contribution in [0.4, 0.5) is 11.4 Å². The average Bonchev–Trinajstić information content (AvgIpc) is 2.66. The number of nitro benzene ring substituents is 1. The number of esters is 1. The summed E-state index contributed by atoms with van der Waals surface area (Å²) in [7, 11) is 0. The van der Waals surface area contributed by atoms with Crippen LogP contribution >= 0.6 is 11.6 Å². The molecule has 27 heavy (non-hydrogen) atoms. The van der Waals surface area contributed by atoms with E-state index in [1.54, 1.807) is 24.3 Å². The van der Waals surface area contributed by atoms with E-state index in [1.807, 2.05) is 0 Å². The van der Waals surface area contributed by atoms with Crippen molar-refractivity contribution < 1.29 is 28.7 Å². The summed E-state index contributed by atoms with van der Waals surface area (Å²) >= 11 is 5.75. The Bertz CT molecular complexity index is 899. The monoisotopic (exact) mass is 392 g/mol. The maximum atomic E-state index is 12.2. The second-order valence-electron chi connectivity index (χ2n) is 5.40. The van der Waals surface area contributed by atoms with Crippen molar-refractivity contribution in [3.05, 3.63) is 57.1 Å². The number of anilines is 1. The van der Waals surface area contributed by atoms with Crippen molar-refractivity contribution >= 4 is 34.9 Å². The first-order valence-electron chi connectivity index (χ1n) is 7.74. The van der Waals surface area contributed by atoms with E-state index < -0.39 is 29.1 Å². The van der Waals surface area contributed by atoms with Gasteiger partial charge in [0.15, 0.2) is 18.1 Å². The molecule has 0 saturated heterocycles. The Balaban J connectivity index is 1.69. The number of ether oxygens (including phenoxy) is 3. The number of hydrogen-bond acceptors (Lipinski definition) is 7. The minimum atomic E-state index is -1.02. The molecule has 2 aromatic carbocycles. The number of hydrogen-bond donors (Lipinski definition) is 1. The fraction of sp³-hybridized carbons (Fsp3) is 0.176. The molecule has 140 valence electrons. The van der Waals surface area contributed by atoms with Gasteiger partial charge in [-0.3, -0.25) is 14.9 Å². The Kier molecular flexibility index (Phi) is 5.41. The Morgan fingerprint density at radius 2 is 1.78 bits per heavy atom. The number of halogens is 1. The SMILES string of the molecule is O=C(COC(=O)c1cc2c(cc1[N+](=O)[O-])OCCO2)Nc1ccc(Cl)cc1. The lowest BCUT2D eigenvalue weighted by Gasteiger charge is -2.18. The number of carbonyl (C=O) groups excluding carboxylic acids is 2. The number of rotatable bonds is 5. The highest BCUT2D eigenvalue weighted by Crippen LogP contribution is 2.36. The zero-order valence-corrected chi connectivity index (χ0v) is 14.5. The molecule has 3 rings (SSSR count). The molecule has 9 nitrogen and oxygen atoms in total. The first-order valence-corrected chi connectivity index (χ1v) is 8.12. The van der Waals surface area contributed by atoms with Gasteiger partial charge < -0.3 is 19.5 Å². The van der Waals surface area contributed by atoms with E-state index in [2.05, 4.69) is 5.32 Å². The Morgan fingerprint density at radius 3 is 2.41 bits per heavy atom. The van der Waals surface area contributed by atoms with Crippen molar-refractivity contribution in [1.29, 1.82) is 0 Å². The maximum Gasteiger partial charge on any atom is 0.345 e. The van der Waals surface area contributed by atoms with Crippen molar-refractivity contribution in [3.8, 4) is 11.5 Å². The number of carbonyl (C=O) groups is 2. The highest BCUT2D eigenvalue weighted by Gasteiger charge is 2.27. The number of nitro groups is 1. The molecule has 2 aromatic rings. The summed E-state index contributed by atoms with van der Waals surface area (Å²) in [4.78, 5) is 34.6. The van der Waals surface area contributed by atoms with E-state index in [1.165, 1.54) is 6.07 Å². The normalized spacial score (nSPS) is 12.2. The summed E-state index contributed by atoms with van der Waals surface area (Å²) in [5.41, 5.74) is -0.364. The van der Waals surface area contributed by atoms with Crippen LogP contribution in [0.1, 0.15) is 10.4 Å². The van der Waals surface area contributed by atoms with Gasteiger partial charge in [-0.15, -0.1) is 0 Å². The molecule has 0 aromatic heterocycles. The second kappa shape index (κ2) is 7.92. The van der Waals surface area contributed by atoms with Crippen LogP contribution in [0.2, 0.25) is 5.02 Å². The molecule has 10 heteroatoms. The van der Waals surface area contributed by atoms with Gasteiger partial charge >= 0.3 is 5.97 Å². The van der Waals surface area contributed by atoms with E-state index in [4.69, 9.17) is 25.8 Å². The Hall–Kier alpha value is -3.33. The van der Waals surface area contributed by atoms with E-state index in [-0.39, 0.29) is 30.3 Å². The number of fused-ring (bicyclic) bond motifs is 1. The molecular formula is C17H13ClN2O7. The van der Waals surface area contributed by atoms with Crippen LogP contribution in [-0.4, -0.2) is 36.6 Å². The van der Waals surface area contributed by atoms with Crippen molar-refractivity contribution in [2.45, 2.75) is 0 Å². The number of amides is 1. The van der Waals surface area contributed by atoms with Gasteiger partial charge in [-0.1, -0.05) is 11.6 Å². The van der Waals surface area contributed by atoms with Gasteiger partial charge in [0.2, 0.25) is 0 Å². The lowest BCUT2D eigenvalue weighted by Crippen LogP contribution is -2.22. The lowest BCUT2D eigenvalue weighted by molar-refractivity contribution is -0.385. The predicted molar refractivity (Wildman–Crippen MR) is 94.5 cm³/mol. The molecule has 0 bridgehead atoms. The predicted octanol–water partition coefficient (Wildman–Crippen LogP) is 2.81. The first-order chi connectivity index (χ1) is 12.9. The average molecular weight is 393 g/mol. The smallest absolute Gasteiger partial charge is 0.345 e. The zero-order valence-electron chi connectivity index (χ0n) is 13.8. The zero-order chi connectivity index (χ0) is 19.4. The van der Waals surface area contributed by atoms with Crippen molar-refractivity contribution in [2.24, 2.45) is 0 Å². The molecule has 1 aliphatic rings. The van der Waals surface area contributed by atoms with E-state index in [0.29, 0.717) is 10.7 Å². The molecule has 0 radical (unpaired) electrons. The van der Waals surface area contributed by atoms with Crippen LogP contribution in [0.25, 0.3) is 0 Å². The quantitative estimate of drug-likeness (QED) is 0.472. The first kappa shape index (κ1) is 18.5. The molecule has 1 aliphatic heterocycles. The number of benzene rings is 2. The molecule has 0 aliphatic carbocycles. The third kappa shape index (κ3) is 4.45. The largest absolute Gasteiger partial charge is 0.486 e. The van der Waals surface area contributed by atoms with Crippen molar-refractivity contribution in [1.82, 2.24) is 0 Å². The van der Waals surface area contributed by atoms with Crippen LogP contribution in [0.5, 0.6) is 11.5 Å². The van der Waals surface area contributed by atoms with Crippen LogP contribution in [-0.2, 0) is 9.53 Å². The summed E-state index contributed by atoms with van der Waals surface area (Å²) in [6, 6.07) is 8.59. The van der Waals surface area contributed by atoms with Gasteiger partial charge in [0.1, 0.15) is 18.8 Å².